The fourth-order valence-electron chi connectivity index (χ4n) is 4.27. The zero-order valence-corrected chi connectivity index (χ0v) is 17.6. The predicted octanol–water partition coefficient (Wildman–Crippen LogP) is 2.93. The number of para-hydroxylation sites is 1. The smallest absolute Gasteiger partial charge is 0.228 e. The number of benzene rings is 2. The molecule has 1 unspecified atom stereocenters. The van der Waals surface area contributed by atoms with E-state index in [1.54, 1.807) is 24.1 Å². The molecule has 2 aliphatic heterocycles. The standard InChI is InChI=1S/C24H27N3O4/c1-31-21-9-7-19(8-10-21)25-23(29)17-11-13-26(14-12-17)24(30)18-15-22(28)27(16-18)20-5-3-2-4-6-20/h2-10,17-18H,11-16H2,1H3,(H,25,29). The van der Waals surface area contributed by atoms with Crippen molar-refractivity contribution in [2.75, 3.05) is 37.0 Å². The SMILES string of the molecule is COc1ccc(NC(=O)C2CCN(C(=O)C3CC(=O)N(c4ccccc4)C3)CC2)cc1. The Labute approximate surface area is 182 Å². The first kappa shape index (κ1) is 20.9. The molecule has 1 N–H and O–H groups in total. The summed E-state index contributed by atoms with van der Waals surface area (Å²) >= 11 is 0. The lowest BCUT2D eigenvalue weighted by Gasteiger charge is -2.33. The number of piperidine rings is 1. The van der Waals surface area contributed by atoms with E-state index >= 15 is 0 Å². The van der Waals surface area contributed by atoms with Crippen molar-refractivity contribution in [3.8, 4) is 5.75 Å². The number of amides is 3. The number of rotatable bonds is 5. The number of ether oxygens (including phenoxy) is 1. The Kier molecular flexibility index (Phi) is 6.21. The lowest BCUT2D eigenvalue weighted by Crippen LogP contribution is -2.44. The highest BCUT2D eigenvalue weighted by molar-refractivity contribution is 6.00. The summed E-state index contributed by atoms with van der Waals surface area (Å²) in [4.78, 5) is 41.5. The van der Waals surface area contributed by atoms with Gasteiger partial charge in [0.2, 0.25) is 17.7 Å². The monoisotopic (exact) mass is 421 g/mol. The summed E-state index contributed by atoms with van der Waals surface area (Å²) in [6.45, 7) is 1.49. The summed E-state index contributed by atoms with van der Waals surface area (Å²) in [5, 5.41) is 2.94. The molecule has 2 saturated heterocycles. The largest absolute Gasteiger partial charge is 0.497 e. The van der Waals surface area contributed by atoms with E-state index in [9.17, 15) is 14.4 Å². The van der Waals surface area contributed by atoms with Crippen LogP contribution >= 0.6 is 0 Å². The number of likely N-dealkylation sites (tertiary alicyclic amines) is 1. The first-order valence-electron chi connectivity index (χ1n) is 10.6. The molecule has 4 rings (SSSR count). The van der Waals surface area contributed by atoms with Crippen LogP contribution in [-0.2, 0) is 14.4 Å². The van der Waals surface area contributed by atoms with Gasteiger partial charge in [0.15, 0.2) is 0 Å². The van der Waals surface area contributed by atoms with Crippen LogP contribution in [0, 0.1) is 11.8 Å². The highest BCUT2D eigenvalue weighted by Gasteiger charge is 2.38. The van der Waals surface area contributed by atoms with Crippen LogP contribution in [0.5, 0.6) is 5.75 Å². The van der Waals surface area contributed by atoms with Crippen molar-refractivity contribution in [3.05, 3.63) is 54.6 Å². The Balaban J connectivity index is 1.28. The van der Waals surface area contributed by atoms with Gasteiger partial charge in [-0.3, -0.25) is 14.4 Å². The zero-order valence-electron chi connectivity index (χ0n) is 17.6. The average Bonchev–Trinajstić information content (AvgIpc) is 3.21. The Hall–Kier alpha value is -3.35. The van der Waals surface area contributed by atoms with Crippen LogP contribution in [0.15, 0.2) is 54.6 Å². The first-order chi connectivity index (χ1) is 15.0. The van der Waals surface area contributed by atoms with E-state index in [4.69, 9.17) is 4.74 Å². The highest BCUT2D eigenvalue weighted by Crippen LogP contribution is 2.28. The van der Waals surface area contributed by atoms with Crippen LogP contribution in [-0.4, -0.2) is 49.4 Å². The highest BCUT2D eigenvalue weighted by atomic mass is 16.5. The lowest BCUT2D eigenvalue weighted by atomic mass is 9.94. The normalized spacial score (nSPS) is 19.4. The molecule has 2 fully saturated rings. The number of hydrogen-bond acceptors (Lipinski definition) is 4. The topological polar surface area (TPSA) is 79.0 Å². The summed E-state index contributed by atoms with van der Waals surface area (Å²) in [7, 11) is 1.60. The van der Waals surface area contributed by atoms with Crippen molar-refractivity contribution < 1.29 is 19.1 Å². The number of nitrogens with one attached hydrogen (secondary N) is 1. The number of nitrogens with zero attached hydrogens (tertiary/aromatic N) is 2. The summed E-state index contributed by atoms with van der Waals surface area (Å²) < 4.78 is 5.13. The second-order valence-electron chi connectivity index (χ2n) is 8.06. The van der Waals surface area contributed by atoms with Gasteiger partial charge in [-0.2, -0.15) is 0 Å². The van der Waals surface area contributed by atoms with E-state index in [2.05, 4.69) is 5.32 Å². The molecule has 0 saturated carbocycles. The van der Waals surface area contributed by atoms with Gasteiger partial charge in [0.05, 0.1) is 13.0 Å². The molecule has 1 atom stereocenters. The second-order valence-corrected chi connectivity index (χ2v) is 8.06. The van der Waals surface area contributed by atoms with E-state index < -0.39 is 0 Å². The summed E-state index contributed by atoms with van der Waals surface area (Å²) in [6, 6.07) is 16.7. The van der Waals surface area contributed by atoms with Crippen molar-refractivity contribution in [3.63, 3.8) is 0 Å². The molecule has 3 amide bonds. The van der Waals surface area contributed by atoms with Gasteiger partial charge in [-0.05, 0) is 49.2 Å². The molecule has 162 valence electrons. The number of hydrogen-bond donors (Lipinski definition) is 1. The molecule has 0 aliphatic carbocycles. The zero-order chi connectivity index (χ0) is 21.8. The van der Waals surface area contributed by atoms with E-state index in [1.165, 1.54) is 0 Å². The summed E-state index contributed by atoms with van der Waals surface area (Å²) in [5.74, 6) is 0.262. The second kappa shape index (κ2) is 9.20. The molecule has 2 aliphatic rings. The third-order valence-corrected chi connectivity index (χ3v) is 6.08. The number of carbonyl (C=O) groups is 3. The van der Waals surface area contributed by atoms with Gasteiger partial charge < -0.3 is 19.9 Å². The first-order valence-corrected chi connectivity index (χ1v) is 10.6. The minimum Gasteiger partial charge on any atom is -0.497 e. The molecule has 0 aromatic heterocycles. The number of methoxy groups -OCH3 is 1. The van der Waals surface area contributed by atoms with Gasteiger partial charge in [0.25, 0.3) is 0 Å². The molecular formula is C24H27N3O4. The fraction of sp³-hybridized carbons (Fsp3) is 0.375. The molecular weight excluding hydrogens is 394 g/mol. The predicted molar refractivity (Wildman–Crippen MR) is 118 cm³/mol. The third kappa shape index (κ3) is 4.71. The van der Waals surface area contributed by atoms with Crippen LogP contribution in [0.4, 0.5) is 11.4 Å². The molecule has 0 bridgehead atoms. The van der Waals surface area contributed by atoms with Crippen molar-refractivity contribution in [2.24, 2.45) is 11.8 Å². The third-order valence-electron chi connectivity index (χ3n) is 6.08. The molecule has 2 heterocycles. The molecule has 0 radical (unpaired) electrons. The van der Waals surface area contributed by atoms with Gasteiger partial charge in [-0.1, -0.05) is 18.2 Å². The quantitative estimate of drug-likeness (QED) is 0.805. The fourth-order valence-corrected chi connectivity index (χ4v) is 4.27. The van der Waals surface area contributed by atoms with Gasteiger partial charge in [0.1, 0.15) is 5.75 Å². The number of anilines is 2. The van der Waals surface area contributed by atoms with Crippen LogP contribution in [0.2, 0.25) is 0 Å². The average molecular weight is 421 g/mol. The molecule has 2 aromatic rings. The van der Waals surface area contributed by atoms with E-state index in [-0.39, 0.29) is 36.0 Å². The van der Waals surface area contributed by atoms with Crippen molar-refractivity contribution in [2.45, 2.75) is 19.3 Å². The van der Waals surface area contributed by atoms with Gasteiger partial charge in [-0.15, -0.1) is 0 Å². The Morgan fingerprint density at radius 3 is 2.29 bits per heavy atom. The molecule has 31 heavy (non-hydrogen) atoms. The van der Waals surface area contributed by atoms with E-state index in [1.807, 2.05) is 47.4 Å². The summed E-state index contributed by atoms with van der Waals surface area (Å²) in [6.07, 6.45) is 1.49. The Bertz CT molecular complexity index is 937. The maximum atomic E-state index is 13.0. The maximum Gasteiger partial charge on any atom is 0.228 e. The Morgan fingerprint density at radius 1 is 0.968 bits per heavy atom. The van der Waals surface area contributed by atoms with Crippen molar-refractivity contribution in [1.82, 2.24) is 4.90 Å². The van der Waals surface area contributed by atoms with E-state index in [0.29, 0.717) is 32.5 Å². The van der Waals surface area contributed by atoms with Crippen molar-refractivity contribution >= 4 is 29.1 Å². The van der Waals surface area contributed by atoms with Crippen LogP contribution in [0.1, 0.15) is 19.3 Å². The molecule has 7 nitrogen and oxygen atoms in total. The molecule has 0 spiro atoms. The Morgan fingerprint density at radius 2 is 1.65 bits per heavy atom. The molecule has 2 aromatic carbocycles. The number of carbonyl (C=O) groups excluding carboxylic acids is 3. The van der Waals surface area contributed by atoms with Crippen LogP contribution < -0.4 is 15.0 Å². The lowest BCUT2D eigenvalue weighted by molar-refractivity contribution is -0.138. The molecule has 7 heteroatoms. The van der Waals surface area contributed by atoms with Crippen LogP contribution in [0.3, 0.4) is 0 Å². The van der Waals surface area contributed by atoms with Crippen molar-refractivity contribution in [1.29, 1.82) is 0 Å². The summed E-state index contributed by atoms with van der Waals surface area (Å²) in [5.41, 5.74) is 1.56. The maximum absolute atomic E-state index is 13.0. The van der Waals surface area contributed by atoms with Gasteiger partial charge in [0, 0.05) is 43.3 Å². The van der Waals surface area contributed by atoms with E-state index in [0.717, 1.165) is 17.1 Å². The minimum atomic E-state index is -0.322. The van der Waals surface area contributed by atoms with Gasteiger partial charge >= 0.3 is 0 Å². The van der Waals surface area contributed by atoms with Crippen LogP contribution in [0.25, 0.3) is 0 Å². The van der Waals surface area contributed by atoms with Gasteiger partial charge in [-0.25, -0.2) is 0 Å². The minimum absolute atomic E-state index is 0.0146.